The van der Waals surface area contributed by atoms with Gasteiger partial charge in [0.2, 0.25) is 5.95 Å². The normalized spacial score (nSPS) is 17.3. The molecule has 0 amide bonds. The summed E-state index contributed by atoms with van der Waals surface area (Å²) in [7, 11) is 3.16. The third-order valence-electron chi connectivity index (χ3n) is 4.63. The zero-order valence-electron chi connectivity index (χ0n) is 13.9. The van der Waals surface area contributed by atoms with Crippen LogP contribution in [0.1, 0.15) is 6.92 Å². The van der Waals surface area contributed by atoms with Crippen molar-refractivity contribution >= 4 is 22.8 Å². The van der Waals surface area contributed by atoms with Crippen molar-refractivity contribution in [2.75, 3.05) is 11.4 Å². The van der Waals surface area contributed by atoms with Crippen LogP contribution in [0.5, 0.6) is 0 Å². The van der Waals surface area contributed by atoms with Crippen molar-refractivity contribution in [2.24, 2.45) is 20.0 Å². The molecule has 0 unspecified atom stereocenters. The molecule has 3 aromatic rings. The Labute approximate surface area is 138 Å². The molecule has 1 aliphatic rings. The largest absolute Gasteiger partial charge is 0.332 e. The number of aromatic nitrogens is 4. The first-order valence-corrected chi connectivity index (χ1v) is 7.98. The van der Waals surface area contributed by atoms with E-state index in [0.29, 0.717) is 29.6 Å². The Balaban J connectivity index is 2.07. The fourth-order valence-electron chi connectivity index (χ4n) is 3.41. The second-order valence-electron chi connectivity index (χ2n) is 6.45. The monoisotopic (exact) mass is 325 g/mol. The van der Waals surface area contributed by atoms with E-state index in [2.05, 4.69) is 16.8 Å². The van der Waals surface area contributed by atoms with Crippen LogP contribution in [-0.4, -0.2) is 25.2 Å². The molecule has 3 heterocycles. The molecule has 0 radical (unpaired) electrons. The van der Waals surface area contributed by atoms with Crippen LogP contribution in [0, 0.1) is 5.92 Å². The molecular weight excluding hydrogens is 306 g/mol. The Hall–Kier alpha value is -2.83. The van der Waals surface area contributed by atoms with Crippen LogP contribution in [0.2, 0.25) is 0 Å². The maximum Gasteiger partial charge on any atom is 0.332 e. The predicted molar refractivity (Wildman–Crippen MR) is 92.8 cm³/mol. The summed E-state index contributed by atoms with van der Waals surface area (Å²) in [5.41, 5.74) is 1.30. The number of nitrogens with zero attached hydrogens (tertiary/aromatic N) is 5. The van der Waals surface area contributed by atoms with E-state index in [1.807, 2.05) is 34.9 Å². The molecule has 1 aromatic carbocycles. The molecule has 7 nitrogen and oxygen atoms in total. The van der Waals surface area contributed by atoms with E-state index in [9.17, 15) is 9.59 Å². The minimum absolute atomic E-state index is 0.297. The topological polar surface area (TPSA) is 65.1 Å². The van der Waals surface area contributed by atoms with Gasteiger partial charge in [0.05, 0.1) is 0 Å². The number of benzene rings is 1. The average Bonchev–Trinajstić information content (AvgIpc) is 2.97. The lowest BCUT2D eigenvalue weighted by molar-refractivity contribution is 0.458. The molecule has 0 aliphatic carbocycles. The summed E-state index contributed by atoms with van der Waals surface area (Å²) in [5, 5.41) is 0. The summed E-state index contributed by atoms with van der Waals surface area (Å²) < 4.78 is 4.53. The van der Waals surface area contributed by atoms with Crippen LogP contribution in [0.4, 0.5) is 11.6 Å². The molecule has 24 heavy (non-hydrogen) atoms. The molecule has 124 valence electrons. The number of hydrogen-bond donors (Lipinski definition) is 0. The van der Waals surface area contributed by atoms with E-state index in [1.165, 1.54) is 11.6 Å². The molecule has 7 heteroatoms. The molecular formula is C17H19N5O2. The maximum atomic E-state index is 12.7. The van der Waals surface area contributed by atoms with Crippen molar-refractivity contribution in [3.63, 3.8) is 0 Å². The minimum atomic E-state index is -0.359. The Morgan fingerprint density at radius 1 is 1.04 bits per heavy atom. The highest BCUT2D eigenvalue weighted by atomic mass is 16.2. The first-order chi connectivity index (χ1) is 11.5. The van der Waals surface area contributed by atoms with Crippen LogP contribution in [-0.2, 0) is 20.6 Å². The summed E-state index contributed by atoms with van der Waals surface area (Å²) in [6.45, 7) is 3.68. The fraction of sp³-hybridized carbons (Fsp3) is 0.353. The molecule has 2 aromatic heterocycles. The lowest BCUT2D eigenvalue weighted by Crippen LogP contribution is -2.38. The lowest BCUT2D eigenvalue weighted by Gasteiger charge is -2.32. The Morgan fingerprint density at radius 2 is 1.75 bits per heavy atom. The summed E-state index contributed by atoms with van der Waals surface area (Å²) >= 11 is 0. The van der Waals surface area contributed by atoms with Gasteiger partial charge in [0, 0.05) is 32.9 Å². The van der Waals surface area contributed by atoms with Gasteiger partial charge in [-0.3, -0.25) is 13.9 Å². The quantitative estimate of drug-likeness (QED) is 0.675. The molecule has 0 spiro atoms. The first kappa shape index (κ1) is 14.7. The highest BCUT2D eigenvalue weighted by Gasteiger charge is 2.29. The number of rotatable bonds is 1. The predicted octanol–water partition coefficient (Wildman–Crippen LogP) is 1.22. The number of anilines is 2. The van der Waals surface area contributed by atoms with Crippen molar-refractivity contribution in [2.45, 2.75) is 13.5 Å². The van der Waals surface area contributed by atoms with Gasteiger partial charge in [-0.2, -0.15) is 4.98 Å². The van der Waals surface area contributed by atoms with Gasteiger partial charge in [-0.1, -0.05) is 25.1 Å². The van der Waals surface area contributed by atoms with Crippen molar-refractivity contribution in [1.29, 1.82) is 0 Å². The highest BCUT2D eigenvalue weighted by Crippen LogP contribution is 2.32. The van der Waals surface area contributed by atoms with Crippen LogP contribution < -0.4 is 16.1 Å². The summed E-state index contributed by atoms with van der Waals surface area (Å²) in [6, 6.07) is 9.99. The lowest BCUT2D eigenvalue weighted by atomic mass is 10.1. The smallest absolute Gasteiger partial charge is 0.312 e. The van der Waals surface area contributed by atoms with E-state index in [1.54, 1.807) is 7.05 Å². The van der Waals surface area contributed by atoms with Gasteiger partial charge in [0.25, 0.3) is 5.56 Å². The van der Waals surface area contributed by atoms with Crippen molar-refractivity contribution in [1.82, 2.24) is 18.7 Å². The number of para-hydroxylation sites is 1. The first-order valence-electron chi connectivity index (χ1n) is 7.98. The molecule has 4 rings (SSSR count). The highest BCUT2D eigenvalue weighted by molar-refractivity contribution is 5.77. The van der Waals surface area contributed by atoms with Gasteiger partial charge in [-0.25, -0.2) is 4.79 Å². The van der Waals surface area contributed by atoms with Crippen molar-refractivity contribution in [3.05, 3.63) is 51.2 Å². The molecule has 1 atom stereocenters. The Bertz CT molecular complexity index is 1040. The molecule has 0 bridgehead atoms. The standard InChI is InChI=1S/C17H19N5O2/c1-11-9-21(12-7-5-4-6-8-12)16-18-14-13(22(16)10-11)15(23)20(3)17(24)19(14)2/h4-8,11H,9-10H2,1-3H3/t11-/m0/s1. The second kappa shape index (κ2) is 5.09. The van der Waals surface area contributed by atoms with E-state index in [-0.39, 0.29) is 11.2 Å². The Morgan fingerprint density at radius 3 is 2.46 bits per heavy atom. The summed E-state index contributed by atoms with van der Waals surface area (Å²) in [4.78, 5) is 31.6. The third-order valence-corrected chi connectivity index (χ3v) is 4.63. The number of fused-ring (bicyclic) bond motifs is 3. The van der Waals surface area contributed by atoms with Crippen LogP contribution in [0.15, 0.2) is 39.9 Å². The van der Waals surface area contributed by atoms with Gasteiger partial charge in [-0.05, 0) is 18.1 Å². The fourth-order valence-corrected chi connectivity index (χ4v) is 3.41. The zero-order valence-corrected chi connectivity index (χ0v) is 13.9. The number of hydrogen-bond acceptors (Lipinski definition) is 4. The van der Waals surface area contributed by atoms with Crippen molar-refractivity contribution in [3.8, 4) is 0 Å². The molecule has 0 fully saturated rings. The Kier molecular flexibility index (Phi) is 3.13. The average molecular weight is 325 g/mol. The van der Waals surface area contributed by atoms with Gasteiger partial charge >= 0.3 is 5.69 Å². The number of aryl methyl sites for hydroxylation is 1. The van der Waals surface area contributed by atoms with Crippen LogP contribution in [0.25, 0.3) is 11.2 Å². The second-order valence-corrected chi connectivity index (χ2v) is 6.45. The van der Waals surface area contributed by atoms with Gasteiger partial charge in [-0.15, -0.1) is 0 Å². The van der Waals surface area contributed by atoms with Crippen LogP contribution in [0.3, 0.4) is 0 Å². The van der Waals surface area contributed by atoms with E-state index < -0.39 is 0 Å². The summed E-state index contributed by atoms with van der Waals surface area (Å²) in [6.07, 6.45) is 0. The SMILES string of the molecule is C[C@H]1CN(c2ccccc2)c2nc3c(c(=O)n(C)c(=O)n3C)n2C1. The molecule has 0 N–H and O–H groups in total. The van der Waals surface area contributed by atoms with E-state index >= 15 is 0 Å². The maximum absolute atomic E-state index is 12.7. The van der Waals surface area contributed by atoms with Crippen molar-refractivity contribution < 1.29 is 0 Å². The molecule has 0 saturated heterocycles. The molecule has 0 saturated carbocycles. The summed E-state index contributed by atoms with van der Waals surface area (Å²) in [5.74, 6) is 1.07. The van der Waals surface area contributed by atoms with E-state index in [4.69, 9.17) is 0 Å². The molecule has 1 aliphatic heterocycles. The van der Waals surface area contributed by atoms with Gasteiger partial charge < -0.3 is 9.47 Å². The third kappa shape index (κ3) is 1.94. The van der Waals surface area contributed by atoms with Gasteiger partial charge in [0.15, 0.2) is 11.2 Å². The van der Waals surface area contributed by atoms with Gasteiger partial charge in [0.1, 0.15) is 0 Å². The minimum Gasteiger partial charge on any atom is -0.312 e. The number of imidazole rings is 1. The van der Waals surface area contributed by atoms with Crippen LogP contribution >= 0.6 is 0 Å². The van der Waals surface area contributed by atoms with E-state index in [0.717, 1.165) is 16.8 Å². The zero-order chi connectivity index (χ0) is 17.0.